The number of nitriles is 1. The van der Waals surface area contributed by atoms with Gasteiger partial charge in [0.15, 0.2) is 6.61 Å². The summed E-state index contributed by atoms with van der Waals surface area (Å²) in [6, 6.07) is 13.1. The molecular weight excluding hydrogens is 418 g/mol. The first kappa shape index (κ1) is 22.6. The molecule has 0 radical (unpaired) electrons. The van der Waals surface area contributed by atoms with E-state index in [0.29, 0.717) is 36.7 Å². The number of carbonyl (C=O) groups is 1. The van der Waals surface area contributed by atoms with Crippen LogP contribution in [0.5, 0.6) is 11.5 Å². The third-order valence-electron chi connectivity index (χ3n) is 4.83. The van der Waals surface area contributed by atoms with Gasteiger partial charge in [-0.3, -0.25) is 4.79 Å². The van der Waals surface area contributed by atoms with Gasteiger partial charge >= 0.3 is 0 Å². The fourth-order valence-electron chi connectivity index (χ4n) is 3.33. The van der Waals surface area contributed by atoms with Crippen molar-refractivity contribution in [3.63, 3.8) is 0 Å². The van der Waals surface area contributed by atoms with Crippen LogP contribution in [0.1, 0.15) is 31.7 Å². The molecule has 1 N–H and O–H groups in total. The molecule has 0 spiro atoms. The molecule has 1 heterocycles. The Labute approximate surface area is 182 Å². The van der Waals surface area contributed by atoms with E-state index in [4.69, 9.17) is 14.7 Å². The summed E-state index contributed by atoms with van der Waals surface area (Å²) >= 11 is 0. The highest BCUT2D eigenvalue weighted by Gasteiger charge is 2.29. The Morgan fingerprint density at radius 2 is 1.84 bits per heavy atom. The number of hydrogen-bond acceptors (Lipinski definition) is 6. The fraction of sp³-hybridized carbons (Fsp3) is 0.364. The molecule has 0 bridgehead atoms. The summed E-state index contributed by atoms with van der Waals surface area (Å²) in [5.41, 5.74) is 0.646. The first-order valence-corrected chi connectivity index (χ1v) is 11.6. The van der Waals surface area contributed by atoms with Crippen LogP contribution in [-0.2, 0) is 14.8 Å². The number of sulfonamides is 1. The normalized spacial score (nSPS) is 14.5. The highest BCUT2D eigenvalue weighted by atomic mass is 32.2. The zero-order chi connectivity index (χ0) is 22.3. The highest BCUT2D eigenvalue weighted by Crippen LogP contribution is 2.31. The molecule has 1 aliphatic heterocycles. The Morgan fingerprint density at radius 3 is 2.55 bits per heavy atom. The summed E-state index contributed by atoms with van der Waals surface area (Å²) in [6.45, 7) is 2.72. The van der Waals surface area contributed by atoms with Gasteiger partial charge in [0.1, 0.15) is 22.5 Å². The molecule has 0 aromatic heterocycles. The minimum Gasteiger partial charge on any atom is -0.492 e. The minimum atomic E-state index is -3.75. The summed E-state index contributed by atoms with van der Waals surface area (Å²) in [6.07, 6.45) is 2.65. The van der Waals surface area contributed by atoms with Crippen LogP contribution >= 0.6 is 0 Å². The van der Waals surface area contributed by atoms with Crippen molar-refractivity contribution < 1.29 is 22.7 Å². The van der Waals surface area contributed by atoms with E-state index in [1.165, 1.54) is 10.4 Å². The first-order valence-electron chi connectivity index (χ1n) is 10.1. The van der Waals surface area contributed by atoms with Gasteiger partial charge in [-0.05, 0) is 50.1 Å². The van der Waals surface area contributed by atoms with Crippen molar-refractivity contribution in [2.24, 2.45) is 0 Å². The second-order valence-corrected chi connectivity index (χ2v) is 8.91. The van der Waals surface area contributed by atoms with E-state index in [0.717, 1.165) is 19.3 Å². The van der Waals surface area contributed by atoms with Crippen molar-refractivity contribution in [3.8, 4) is 17.6 Å². The summed E-state index contributed by atoms with van der Waals surface area (Å²) in [5, 5.41) is 11.7. The summed E-state index contributed by atoms with van der Waals surface area (Å²) in [7, 11) is -3.75. The van der Waals surface area contributed by atoms with Crippen molar-refractivity contribution in [1.82, 2.24) is 4.31 Å². The lowest BCUT2D eigenvalue weighted by Crippen LogP contribution is -2.35. The van der Waals surface area contributed by atoms with Crippen LogP contribution in [-0.4, -0.2) is 44.9 Å². The second kappa shape index (κ2) is 10.3. The zero-order valence-corrected chi connectivity index (χ0v) is 18.2. The third-order valence-corrected chi connectivity index (χ3v) is 6.75. The Balaban J connectivity index is 1.76. The lowest BCUT2D eigenvalue weighted by molar-refractivity contribution is -0.118. The van der Waals surface area contributed by atoms with Crippen LogP contribution in [0.3, 0.4) is 0 Å². The van der Waals surface area contributed by atoms with Gasteiger partial charge in [0, 0.05) is 18.8 Å². The van der Waals surface area contributed by atoms with Crippen LogP contribution in [0.4, 0.5) is 5.69 Å². The molecule has 0 aliphatic carbocycles. The molecule has 1 amide bonds. The number of ether oxygens (including phenoxy) is 2. The van der Waals surface area contributed by atoms with E-state index in [9.17, 15) is 13.2 Å². The molecule has 0 saturated carbocycles. The van der Waals surface area contributed by atoms with Crippen molar-refractivity contribution in [3.05, 3.63) is 48.0 Å². The maximum atomic E-state index is 13.2. The molecule has 9 heteroatoms. The highest BCUT2D eigenvalue weighted by molar-refractivity contribution is 7.89. The topological polar surface area (TPSA) is 109 Å². The Morgan fingerprint density at radius 1 is 1.10 bits per heavy atom. The standard InChI is InChI=1S/C22H25N3O5S/c1-2-29-20-11-10-18(14-21(20)31(27,28)25-12-6-3-7-13-25)24-22(26)16-30-19-9-5-4-8-17(19)15-23/h4-5,8-11,14H,2-3,6-7,12-13,16H2,1H3,(H,24,26). The first-order chi connectivity index (χ1) is 15.0. The van der Waals surface area contributed by atoms with Crippen molar-refractivity contribution >= 4 is 21.6 Å². The van der Waals surface area contributed by atoms with Gasteiger partial charge in [0.25, 0.3) is 5.91 Å². The van der Waals surface area contributed by atoms with Gasteiger partial charge in [-0.15, -0.1) is 0 Å². The van der Waals surface area contributed by atoms with Gasteiger partial charge in [-0.2, -0.15) is 9.57 Å². The van der Waals surface area contributed by atoms with E-state index >= 15 is 0 Å². The maximum absolute atomic E-state index is 13.2. The van der Waals surface area contributed by atoms with Crippen molar-refractivity contribution in [2.75, 3.05) is 31.6 Å². The molecule has 1 saturated heterocycles. The van der Waals surface area contributed by atoms with E-state index < -0.39 is 15.9 Å². The van der Waals surface area contributed by atoms with Crippen LogP contribution in [0.15, 0.2) is 47.4 Å². The van der Waals surface area contributed by atoms with E-state index in [1.807, 2.05) is 6.07 Å². The Kier molecular flexibility index (Phi) is 7.50. The monoisotopic (exact) mass is 443 g/mol. The second-order valence-electron chi connectivity index (χ2n) is 7.00. The Hall–Kier alpha value is -3.09. The fourth-order valence-corrected chi connectivity index (χ4v) is 5.01. The van der Waals surface area contributed by atoms with Crippen LogP contribution in [0.25, 0.3) is 0 Å². The van der Waals surface area contributed by atoms with Crippen molar-refractivity contribution in [2.45, 2.75) is 31.1 Å². The zero-order valence-electron chi connectivity index (χ0n) is 17.3. The summed E-state index contributed by atoms with van der Waals surface area (Å²) in [5.74, 6) is 0.0868. The number of amides is 1. The SMILES string of the molecule is CCOc1ccc(NC(=O)COc2ccccc2C#N)cc1S(=O)(=O)N1CCCCC1. The van der Waals surface area contributed by atoms with E-state index in [-0.39, 0.29) is 17.3 Å². The molecule has 3 rings (SSSR count). The molecule has 1 fully saturated rings. The average molecular weight is 444 g/mol. The van der Waals surface area contributed by atoms with Crippen molar-refractivity contribution in [1.29, 1.82) is 5.26 Å². The number of para-hydroxylation sites is 1. The number of carbonyl (C=O) groups excluding carboxylic acids is 1. The summed E-state index contributed by atoms with van der Waals surface area (Å²) in [4.78, 5) is 12.4. The molecule has 0 unspecified atom stereocenters. The lowest BCUT2D eigenvalue weighted by atomic mass is 10.2. The number of hydrogen-bond donors (Lipinski definition) is 1. The molecule has 0 atom stereocenters. The largest absolute Gasteiger partial charge is 0.492 e. The predicted molar refractivity (Wildman–Crippen MR) is 116 cm³/mol. The van der Waals surface area contributed by atoms with Crippen LogP contribution in [0.2, 0.25) is 0 Å². The number of nitrogens with zero attached hydrogens (tertiary/aromatic N) is 2. The number of nitrogens with one attached hydrogen (secondary N) is 1. The minimum absolute atomic E-state index is 0.0322. The number of benzene rings is 2. The third kappa shape index (κ3) is 5.54. The van der Waals surface area contributed by atoms with Gasteiger partial charge in [0.2, 0.25) is 10.0 Å². The quantitative estimate of drug-likeness (QED) is 0.671. The predicted octanol–water partition coefficient (Wildman–Crippen LogP) is 3.15. The number of piperidine rings is 1. The van der Waals surface area contributed by atoms with Gasteiger partial charge in [-0.25, -0.2) is 8.42 Å². The average Bonchev–Trinajstić information content (AvgIpc) is 2.79. The van der Waals surface area contributed by atoms with Crippen LogP contribution in [0, 0.1) is 11.3 Å². The van der Waals surface area contributed by atoms with Gasteiger partial charge in [-0.1, -0.05) is 18.6 Å². The van der Waals surface area contributed by atoms with Gasteiger partial charge < -0.3 is 14.8 Å². The lowest BCUT2D eigenvalue weighted by Gasteiger charge is -2.27. The molecule has 164 valence electrons. The molecular formula is C22H25N3O5S. The van der Waals surface area contributed by atoms with E-state index in [1.54, 1.807) is 43.3 Å². The van der Waals surface area contributed by atoms with E-state index in [2.05, 4.69) is 5.32 Å². The maximum Gasteiger partial charge on any atom is 0.262 e. The number of anilines is 1. The molecule has 31 heavy (non-hydrogen) atoms. The smallest absolute Gasteiger partial charge is 0.262 e. The molecule has 2 aromatic carbocycles. The molecule has 1 aliphatic rings. The molecule has 8 nitrogen and oxygen atoms in total. The Bertz CT molecular complexity index is 1070. The molecule has 2 aromatic rings. The van der Waals surface area contributed by atoms with Gasteiger partial charge in [0.05, 0.1) is 12.2 Å². The van der Waals surface area contributed by atoms with Crippen LogP contribution < -0.4 is 14.8 Å². The number of rotatable bonds is 8. The summed E-state index contributed by atoms with van der Waals surface area (Å²) < 4.78 is 38.8.